The van der Waals surface area contributed by atoms with Crippen molar-refractivity contribution in [1.82, 2.24) is 15.4 Å². The first-order valence-corrected chi connectivity index (χ1v) is 13.9. The average molecular weight is 560 g/mol. The molecule has 3 aromatic carbocycles. The fourth-order valence-electron chi connectivity index (χ4n) is 5.31. The van der Waals surface area contributed by atoms with Crippen molar-refractivity contribution in [3.8, 4) is 0 Å². The van der Waals surface area contributed by atoms with Crippen molar-refractivity contribution in [2.24, 2.45) is 5.92 Å². The van der Waals surface area contributed by atoms with Crippen molar-refractivity contribution in [3.05, 3.63) is 106 Å². The molecule has 1 aromatic heterocycles. The number of para-hydroxylation sites is 1. The number of aliphatic hydroxyl groups excluding tert-OH is 2. The van der Waals surface area contributed by atoms with Gasteiger partial charge in [0.2, 0.25) is 5.91 Å². The molecular formula is C32H34ClN3O4. The largest absolute Gasteiger partial charge is 0.396 e. The van der Waals surface area contributed by atoms with Crippen LogP contribution in [0.25, 0.3) is 23.1 Å². The molecular weight excluding hydrogens is 526 g/mol. The van der Waals surface area contributed by atoms with Crippen LogP contribution in [0.1, 0.15) is 29.2 Å². The van der Waals surface area contributed by atoms with Crippen molar-refractivity contribution in [3.63, 3.8) is 0 Å². The van der Waals surface area contributed by atoms with E-state index in [1.54, 1.807) is 12.0 Å². The Labute approximate surface area is 239 Å². The summed E-state index contributed by atoms with van der Waals surface area (Å²) in [6, 6.07) is 22.9. The van der Waals surface area contributed by atoms with Gasteiger partial charge in [0, 0.05) is 34.6 Å². The van der Waals surface area contributed by atoms with E-state index in [2.05, 4.69) is 16.4 Å². The van der Waals surface area contributed by atoms with E-state index >= 15 is 0 Å². The van der Waals surface area contributed by atoms with E-state index in [1.165, 1.54) is 0 Å². The summed E-state index contributed by atoms with van der Waals surface area (Å²) < 4.78 is 0. The minimum atomic E-state index is -0.850. The molecule has 7 nitrogen and oxygen atoms in total. The van der Waals surface area contributed by atoms with Crippen LogP contribution in [0.2, 0.25) is 5.02 Å². The molecule has 8 heteroatoms. The van der Waals surface area contributed by atoms with Crippen LogP contribution < -0.4 is 5.32 Å². The number of aromatic amines is 1. The molecule has 4 N–H and O–H groups in total. The summed E-state index contributed by atoms with van der Waals surface area (Å²) in [5, 5.41) is 27.0. The lowest BCUT2D eigenvalue weighted by atomic mass is 9.92. The van der Waals surface area contributed by atoms with Crippen LogP contribution in [-0.4, -0.2) is 57.6 Å². The van der Waals surface area contributed by atoms with Crippen LogP contribution in [0.4, 0.5) is 0 Å². The van der Waals surface area contributed by atoms with Gasteiger partial charge in [-0.1, -0.05) is 78.4 Å². The molecule has 1 amide bonds. The van der Waals surface area contributed by atoms with Crippen LogP contribution in [0, 0.1) is 5.92 Å². The Morgan fingerprint density at radius 3 is 2.65 bits per heavy atom. The van der Waals surface area contributed by atoms with Gasteiger partial charge >= 0.3 is 0 Å². The predicted octanol–water partition coefficient (Wildman–Crippen LogP) is 4.82. The Kier molecular flexibility index (Phi) is 8.99. The number of nitrogens with zero attached hydrogens (tertiary/aromatic N) is 1. The van der Waals surface area contributed by atoms with Gasteiger partial charge in [0.25, 0.3) is 0 Å². The first-order valence-electron chi connectivity index (χ1n) is 13.5. The highest BCUT2D eigenvalue weighted by molar-refractivity contribution is 6.30. The molecule has 1 saturated heterocycles. The summed E-state index contributed by atoms with van der Waals surface area (Å²) in [5.41, 5.74) is 5.16. The lowest BCUT2D eigenvalue weighted by molar-refractivity contribution is -0.192. The smallest absolute Gasteiger partial charge is 0.240 e. The number of nitrogens with one attached hydrogen (secondary N) is 2. The highest BCUT2D eigenvalue weighted by Gasteiger charge is 2.48. The number of carbonyl (C=O) groups excluding carboxylic acids is 1. The molecule has 1 aliphatic rings. The maximum absolute atomic E-state index is 13.5. The van der Waals surface area contributed by atoms with E-state index in [9.17, 15) is 15.0 Å². The number of aromatic nitrogens is 1. The van der Waals surface area contributed by atoms with Crippen molar-refractivity contribution in [1.29, 1.82) is 0 Å². The van der Waals surface area contributed by atoms with Gasteiger partial charge in [0.1, 0.15) is 12.1 Å². The maximum Gasteiger partial charge on any atom is 0.240 e. The van der Waals surface area contributed by atoms with Crippen molar-refractivity contribution in [2.45, 2.75) is 38.1 Å². The van der Waals surface area contributed by atoms with Crippen molar-refractivity contribution < 1.29 is 19.8 Å². The number of hydrogen-bond acceptors (Lipinski definition) is 5. The lowest BCUT2D eigenvalue weighted by Gasteiger charge is -2.24. The third-order valence-electron chi connectivity index (χ3n) is 7.35. The van der Waals surface area contributed by atoms with E-state index in [0.29, 0.717) is 24.5 Å². The van der Waals surface area contributed by atoms with Gasteiger partial charge in [-0.05, 0) is 53.8 Å². The van der Waals surface area contributed by atoms with Crippen LogP contribution in [0.5, 0.6) is 0 Å². The first-order chi connectivity index (χ1) is 19.4. The molecule has 0 aliphatic carbocycles. The summed E-state index contributed by atoms with van der Waals surface area (Å²) in [6.07, 6.45) is 5.11. The first kappa shape index (κ1) is 28.1. The van der Waals surface area contributed by atoms with Crippen molar-refractivity contribution in [2.75, 3.05) is 13.2 Å². The minimum Gasteiger partial charge on any atom is -0.396 e. The molecule has 1 aliphatic heterocycles. The van der Waals surface area contributed by atoms with Gasteiger partial charge in [-0.25, -0.2) is 0 Å². The van der Waals surface area contributed by atoms with E-state index < -0.39 is 24.2 Å². The number of halogens is 1. The molecule has 208 valence electrons. The van der Waals surface area contributed by atoms with Crippen LogP contribution >= 0.6 is 11.6 Å². The number of H-pyrrole nitrogens is 1. The van der Waals surface area contributed by atoms with Gasteiger partial charge < -0.3 is 20.5 Å². The topological polar surface area (TPSA) is 97.8 Å². The summed E-state index contributed by atoms with van der Waals surface area (Å²) in [4.78, 5) is 22.8. The molecule has 40 heavy (non-hydrogen) atoms. The third-order valence-corrected chi connectivity index (χ3v) is 7.60. The quantitative estimate of drug-likeness (QED) is 0.209. The Hall–Kier alpha value is -3.46. The van der Waals surface area contributed by atoms with Crippen LogP contribution in [0.15, 0.2) is 79.0 Å². The van der Waals surface area contributed by atoms with E-state index in [1.807, 2.05) is 85.1 Å². The number of fused-ring (bicyclic) bond motifs is 1. The minimum absolute atomic E-state index is 0.235. The molecule has 1 fully saturated rings. The predicted molar refractivity (Wildman–Crippen MR) is 158 cm³/mol. The second-order valence-corrected chi connectivity index (χ2v) is 10.6. The molecule has 0 unspecified atom stereocenters. The average Bonchev–Trinajstić information content (AvgIpc) is 3.54. The summed E-state index contributed by atoms with van der Waals surface area (Å²) in [5.74, 6) is -0.804. The van der Waals surface area contributed by atoms with Gasteiger partial charge in [0.05, 0.1) is 19.3 Å². The fourth-order valence-corrected chi connectivity index (χ4v) is 5.43. The number of carbonyl (C=O) groups is 1. The zero-order valence-electron chi connectivity index (χ0n) is 22.3. The SMILES string of the molecule is C[C@@H](O)[C@H]1ON(Cc2cccc(C=Cc3ccc(Cl)cc3)c2)[C@@H](C(=O)NCCc2c[nH]c3ccccc23)[C@H]1CO. The summed E-state index contributed by atoms with van der Waals surface area (Å²) >= 11 is 5.99. The highest BCUT2D eigenvalue weighted by atomic mass is 35.5. The maximum atomic E-state index is 13.5. The fraction of sp³-hybridized carbons (Fsp3) is 0.281. The van der Waals surface area contributed by atoms with E-state index in [0.717, 1.165) is 33.2 Å². The molecule has 0 spiro atoms. The number of hydrogen-bond donors (Lipinski definition) is 4. The molecule has 0 radical (unpaired) electrons. The van der Waals surface area contributed by atoms with Gasteiger partial charge in [-0.15, -0.1) is 0 Å². The lowest BCUT2D eigenvalue weighted by Crippen LogP contribution is -2.48. The number of benzene rings is 3. The molecule has 0 saturated carbocycles. The van der Waals surface area contributed by atoms with Gasteiger partial charge in [-0.2, -0.15) is 5.06 Å². The Balaban J connectivity index is 1.28. The molecule has 4 aromatic rings. The van der Waals surface area contributed by atoms with Gasteiger partial charge in [-0.3, -0.25) is 9.63 Å². The molecule has 2 heterocycles. The monoisotopic (exact) mass is 559 g/mol. The number of rotatable bonds is 10. The normalized spacial score (nSPS) is 20.4. The highest BCUT2D eigenvalue weighted by Crippen LogP contribution is 2.31. The third kappa shape index (κ3) is 6.46. The van der Waals surface area contributed by atoms with Gasteiger partial charge in [0.15, 0.2) is 0 Å². The number of aliphatic hydroxyl groups is 2. The molecule has 5 rings (SSSR count). The second kappa shape index (κ2) is 12.8. The summed E-state index contributed by atoms with van der Waals surface area (Å²) in [6.45, 7) is 2.10. The van der Waals surface area contributed by atoms with Crippen LogP contribution in [0.3, 0.4) is 0 Å². The van der Waals surface area contributed by atoms with Crippen molar-refractivity contribution >= 4 is 40.6 Å². The Morgan fingerprint density at radius 1 is 1.10 bits per heavy atom. The number of amides is 1. The van der Waals surface area contributed by atoms with Crippen LogP contribution in [-0.2, 0) is 22.6 Å². The Morgan fingerprint density at radius 2 is 1.88 bits per heavy atom. The second-order valence-electron chi connectivity index (χ2n) is 10.2. The number of hydroxylamine groups is 2. The Bertz CT molecular complexity index is 1470. The zero-order chi connectivity index (χ0) is 28.1. The molecule has 4 atom stereocenters. The zero-order valence-corrected chi connectivity index (χ0v) is 23.1. The van der Waals surface area contributed by atoms with E-state index in [-0.39, 0.29) is 12.5 Å². The summed E-state index contributed by atoms with van der Waals surface area (Å²) in [7, 11) is 0. The molecule has 0 bridgehead atoms. The van der Waals surface area contributed by atoms with E-state index in [4.69, 9.17) is 16.4 Å². The standard InChI is InChI=1S/C32H34ClN3O4/c1-21(38)31-28(20-37)30(32(39)34-16-15-25-18-35-29-8-3-2-7-27(25)29)36(40-31)19-24-6-4-5-23(17-24)10-9-22-11-13-26(33)14-12-22/h2-14,17-18,21,28,30-31,35,37-38H,15-16,19-20H2,1H3,(H,34,39)/t21-,28-,30-,31-/m1/s1.